The van der Waals surface area contributed by atoms with Gasteiger partial charge in [0.1, 0.15) is 0 Å². The van der Waals surface area contributed by atoms with Crippen molar-refractivity contribution in [1.82, 2.24) is 0 Å². The molecule has 0 aliphatic heterocycles. The number of alkyl halides is 2. The number of hydrogen-bond acceptors (Lipinski definition) is 1. The molecule has 82 valence electrons. The minimum Gasteiger partial charge on any atom is -0.395 e. The van der Waals surface area contributed by atoms with Gasteiger partial charge in [0.15, 0.2) is 0 Å². The first-order chi connectivity index (χ1) is 6.99. The van der Waals surface area contributed by atoms with E-state index in [4.69, 9.17) is 0 Å². The Hall–Kier alpha value is -0.480. The summed E-state index contributed by atoms with van der Waals surface area (Å²) < 4.78 is 26.6. The summed E-state index contributed by atoms with van der Waals surface area (Å²) in [6.45, 7) is -0.231. The molecule has 0 bridgehead atoms. The Kier molecular flexibility index (Phi) is 2.59. The fourth-order valence-electron chi connectivity index (χ4n) is 2.22. The molecule has 0 amide bonds. The minimum atomic E-state index is -2.63. The fraction of sp³-hybridized carbons (Fsp3) is 0.455. The van der Waals surface area contributed by atoms with Crippen molar-refractivity contribution in [2.45, 2.75) is 24.2 Å². The van der Waals surface area contributed by atoms with Crippen molar-refractivity contribution in [2.24, 2.45) is 0 Å². The third kappa shape index (κ3) is 1.81. The standard InChI is InChI=1S/C11H11BrF2O/c12-9-4-2-1-3-8(9)10(7-15)5-11(13,14)6-10/h1-4,15H,5-7H2. The summed E-state index contributed by atoms with van der Waals surface area (Å²) >= 11 is 3.33. The minimum absolute atomic E-state index is 0.231. The number of benzene rings is 1. The summed E-state index contributed by atoms with van der Waals surface area (Å²) in [7, 11) is 0. The SMILES string of the molecule is OCC1(c2ccccc2Br)CC(F)(F)C1. The van der Waals surface area contributed by atoms with Gasteiger partial charge in [0, 0.05) is 22.7 Å². The molecule has 1 nitrogen and oxygen atoms in total. The Balaban J connectivity index is 2.34. The van der Waals surface area contributed by atoms with E-state index in [2.05, 4.69) is 15.9 Å². The Morgan fingerprint density at radius 2 is 1.87 bits per heavy atom. The third-order valence-corrected chi connectivity index (χ3v) is 3.63. The van der Waals surface area contributed by atoms with Gasteiger partial charge in [0.05, 0.1) is 6.61 Å². The summed E-state index contributed by atoms with van der Waals surface area (Å²) in [4.78, 5) is 0. The quantitative estimate of drug-likeness (QED) is 0.880. The first-order valence-electron chi connectivity index (χ1n) is 4.73. The summed E-state index contributed by atoms with van der Waals surface area (Å²) in [6.07, 6.45) is -0.530. The van der Waals surface area contributed by atoms with Crippen molar-refractivity contribution in [2.75, 3.05) is 6.61 Å². The second kappa shape index (κ2) is 3.52. The smallest absolute Gasteiger partial charge is 0.250 e. The highest BCUT2D eigenvalue weighted by molar-refractivity contribution is 9.10. The van der Waals surface area contributed by atoms with Gasteiger partial charge in [-0.2, -0.15) is 0 Å². The molecule has 1 saturated carbocycles. The van der Waals surface area contributed by atoms with E-state index in [0.29, 0.717) is 0 Å². The van der Waals surface area contributed by atoms with E-state index in [1.54, 1.807) is 12.1 Å². The number of hydrogen-bond donors (Lipinski definition) is 1. The molecule has 1 aromatic carbocycles. The lowest BCUT2D eigenvalue weighted by atomic mass is 9.62. The molecule has 1 N–H and O–H groups in total. The average molecular weight is 277 g/mol. The average Bonchev–Trinajstić information content (AvgIpc) is 2.14. The Labute approximate surface area is 95.2 Å². The van der Waals surface area contributed by atoms with Gasteiger partial charge in [-0.25, -0.2) is 8.78 Å². The lowest BCUT2D eigenvalue weighted by Gasteiger charge is -2.47. The zero-order valence-electron chi connectivity index (χ0n) is 8.01. The molecule has 0 spiro atoms. The van der Waals surface area contributed by atoms with E-state index in [1.807, 2.05) is 12.1 Å². The molecular formula is C11H11BrF2O. The highest BCUT2D eigenvalue weighted by Crippen LogP contribution is 2.54. The van der Waals surface area contributed by atoms with Crippen LogP contribution in [0.5, 0.6) is 0 Å². The van der Waals surface area contributed by atoms with Crippen LogP contribution in [0, 0.1) is 0 Å². The Bertz CT molecular complexity index is 371. The highest BCUT2D eigenvalue weighted by Gasteiger charge is 2.57. The lowest BCUT2D eigenvalue weighted by molar-refractivity contribution is -0.139. The van der Waals surface area contributed by atoms with Gasteiger partial charge in [-0.1, -0.05) is 34.1 Å². The second-order valence-corrected chi connectivity index (χ2v) is 4.98. The second-order valence-electron chi connectivity index (χ2n) is 4.13. The fourth-order valence-corrected chi connectivity index (χ4v) is 2.92. The van der Waals surface area contributed by atoms with Gasteiger partial charge in [0.25, 0.3) is 0 Å². The van der Waals surface area contributed by atoms with Crippen molar-refractivity contribution >= 4 is 15.9 Å². The van der Waals surface area contributed by atoms with Crippen LogP contribution in [-0.4, -0.2) is 17.6 Å². The van der Waals surface area contributed by atoms with Crippen LogP contribution in [0.2, 0.25) is 0 Å². The number of aliphatic hydroxyl groups excluding tert-OH is 1. The number of rotatable bonds is 2. The first kappa shape index (κ1) is 11.0. The zero-order valence-corrected chi connectivity index (χ0v) is 9.60. The van der Waals surface area contributed by atoms with Crippen molar-refractivity contribution in [3.05, 3.63) is 34.3 Å². The van der Waals surface area contributed by atoms with Crippen LogP contribution >= 0.6 is 15.9 Å². The van der Waals surface area contributed by atoms with Crippen LogP contribution in [0.25, 0.3) is 0 Å². The van der Waals surface area contributed by atoms with Crippen molar-refractivity contribution in [1.29, 1.82) is 0 Å². The molecule has 1 aliphatic carbocycles. The molecule has 15 heavy (non-hydrogen) atoms. The normalized spacial score (nSPS) is 22.1. The topological polar surface area (TPSA) is 20.2 Å². The van der Waals surface area contributed by atoms with Gasteiger partial charge in [0.2, 0.25) is 5.92 Å². The Morgan fingerprint density at radius 3 is 2.33 bits per heavy atom. The number of aliphatic hydroxyl groups is 1. The molecule has 0 aromatic heterocycles. The van der Waals surface area contributed by atoms with Crippen molar-refractivity contribution in [3.63, 3.8) is 0 Å². The van der Waals surface area contributed by atoms with Crippen LogP contribution in [-0.2, 0) is 5.41 Å². The summed E-state index contributed by atoms with van der Waals surface area (Å²) in [6, 6.07) is 7.22. The van der Waals surface area contributed by atoms with E-state index in [1.165, 1.54) is 0 Å². The molecule has 2 rings (SSSR count). The van der Waals surface area contributed by atoms with E-state index in [9.17, 15) is 13.9 Å². The van der Waals surface area contributed by atoms with Crippen LogP contribution in [0.15, 0.2) is 28.7 Å². The molecule has 0 saturated heterocycles. The van der Waals surface area contributed by atoms with Crippen molar-refractivity contribution in [3.8, 4) is 0 Å². The van der Waals surface area contributed by atoms with Gasteiger partial charge < -0.3 is 5.11 Å². The molecule has 4 heteroatoms. The van der Waals surface area contributed by atoms with Gasteiger partial charge >= 0.3 is 0 Å². The van der Waals surface area contributed by atoms with Crippen LogP contribution in [0.1, 0.15) is 18.4 Å². The third-order valence-electron chi connectivity index (χ3n) is 2.94. The predicted molar refractivity (Wildman–Crippen MR) is 57.1 cm³/mol. The highest BCUT2D eigenvalue weighted by atomic mass is 79.9. The maximum Gasteiger partial charge on any atom is 0.250 e. The predicted octanol–water partition coefficient (Wildman–Crippen LogP) is 3.11. The molecule has 0 atom stereocenters. The maximum absolute atomic E-state index is 12.9. The van der Waals surface area contributed by atoms with Crippen LogP contribution < -0.4 is 0 Å². The molecule has 1 aromatic rings. The van der Waals surface area contributed by atoms with Crippen molar-refractivity contribution < 1.29 is 13.9 Å². The van der Waals surface area contributed by atoms with Gasteiger partial charge in [-0.05, 0) is 11.6 Å². The van der Waals surface area contributed by atoms with Crippen LogP contribution in [0.4, 0.5) is 8.78 Å². The van der Waals surface area contributed by atoms with E-state index >= 15 is 0 Å². The lowest BCUT2D eigenvalue weighted by Crippen LogP contribution is -2.51. The molecule has 0 radical (unpaired) electrons. The first-order valence-corrected chi connectivity index (χ1v) is 5.52. The molecular weight excluding hydrogens is 266 g/mol. The summed E-state index contributed by atoms with van der Waals surface area (Å²) in [5.41, 5.74) is 0.0160. The van der Waals surface area contributed by atoms with E-state index < -0.39 is 11.3 Å². The monoisotopic (exact) mass is 276 g/mol. The summed E-state index contributed by atoms with van der Waals surface area (Å²) in [5.74, 6) is -2.63. The van der Waals surface area contributed by atoms with Crippen LogP contribution in [0.3, 0.4) is 0 Å². The largest absolute Gasteiger partial charge is 0.395 e. The van der Waals surface area contributed by atoms with E-state index in [-0.39, 0.29) is 19.4 Å². The van der Waals surface area contributed by atoms with Gasteiger partial charge in [-0.3, -0.25) is 0 Å². The van der Waals surface area contributed by atoms with E-state index in [0.717, 1.165) is 10.0 Å². The maximum atomic E-state index is 12.9. The zero-order chi connectivity index (χ0) is 11.1. The molecule has 1 aliphatic rings. The molecule has 1 fully saturated rings. The van der Waals surface area contributed by atoms with Gasteiger partial charge in [-0.15, -0.1) is 0 Å². The molecule has 0 unspecified atom stereocenters. The Morgan fingerprint density at radius 1 is 1.27 bits per heavy atom. The number of halogens is 3. The summed E-state index contributed by atoms with van der Waals surface area (Å²) in [5, 5.41) is 9.29. The molecule has 0 heterocycles.